The van der Waals surface area contributed by atoms with Crippen molar-refractivity contribution in [3.05, 3.63) is 34.9 Å². The summed E-state index contributed by atoms with van der Waals surface area (Å²) < 4.78 is 5.34. The molecule has 0 spiro atoms. The summed E-state index contributed by atoms with van der Waals surface area (Å²) in [5.74, 6) is 0. The van der Waals surface area contributed by atoms with Crippen LogP contribution in [0.4, 0.5) is 0 Å². The molecular formula is C14H20O2. The zero-order valence-electron chi connectivity index (χ0n) is 10.5. The van der Waals surface area contributed by atoms with Crippen LogP contribution in [0.25, 0.3) is 0 Å². The molecule has 0 unspecified atom stereocenters. The van der Waals surface area contributed by atoms with Gasteiger partial charge in [0.05, 0.1) is 24.2 Å². The highest BCUT2D eigenvalue weighted by Crippen LogP contribution is 2.43. The lowest BCUT2D eigenvalue weighted by atomic mass is 9.66. The second kappa shape index (κ2) is 3.57. The first kappa shape index (κ1) is 11.6. The monoisotopic (exact) mass is 220 g/mol. The first-order valence-electron chi connectivity index (χ1n) is 5.75. The van der Waals surface area contributed by atoms with Crippen molar-refractivity contribution in [2.75, 3.05) is 13.2 Å². The van der Waals surface area contributed by atoms with E-state index in [-0.39, 0.29) is 5.41 Å². The smallest absolute Gasteiger partial charge is 0.0732 e. The summed E-state index contributed by atoms with van der Waals surface area (Å²) in [7, 11) is 0. The summed E-state index contributed by atoms with van der Waals surface area (Å²) >= 11 is 0. The highest BCUT2D eigenvalue weighted by atomic mass is 16.5. The Hall–Kier alpha value is -0.860. The lowest BCUT2D eigenvalue weighted by Crippen LogP contribution is -2.60. The molecule has 2 heteroatoms. The van der Waals surface area contributed by atoms with Gasteiger partial charge in [0, 0.05) is 0 Å². The van der Waals surface area contributed by atoms with E-state index in [2.05, 4.69) is 32.0 Å². The molecule has 1 aromatic rings. The van der Waals surface area contributed by atoms with Gasteiger partial charge in [0.25, 0.3) is 0 Å². The van der Waals surface area contributed by atoms with Crippen molar-refractivity contribution in [3.8, 4) is 0 Å². The Bertz CT molecular complexity index is 398. The molecule has 2 rings (SSSR count). The van der Waals surface area contributed by atoms with E-state index in [1.807, 2.05) is 13.8 Å². The van der Waals surface area contributed by atoms with Crippen LogP contribution in [0.3, 0.4) is 0 Å². The molecule has 16 heavy (non-hydrogen) atoms. The molecule has 0 amide bonds. The summed E-state index contributed by atoms with van der Waals surface area (Å²) in [6.45, 7) is 9.16. The normalized spacial score (nSPS) is 19.3. The predicted molar refractivity (Wildman–Crippen MR) is 64.7 cm³/mol. The minimum Gasteiger partial charge on any atom is -0.389 e. The second-order valence-corrected chi connectivity index (χ2v) is 5.45. The Labute approximate surface area is 97.3 Å². The van der Waals surface area contributed by atoms with Gasteiger partial charge in [-0.3, -0.25) is 0 Å². The van der Waals surface area contributed by atoms with E-state index in [1.165, 1.54) is 16.7 Å². The number of hydrogen-bond donors (Lipinski definition) is 1. The number of ether oxygens (including phenoxy) is 1. The molecule has 0 bridgehead atoms. The Balaban J connectivity index is 2.49. The van der Waals surface area contributed by atoms with Gasteiger partial charge in [-0.05, 0) is 38.8 Å². The van der Waals surface area contributed by atoms with Crippen LogP contribution < -0.4 is 0 Å². The van der Waals surface area contributed by atoms with E-state index in [1.54, 1.807) is 0 Å². The summed E-state index contributed by atoms with van der Waals surface area (Å²) in [4.78, 5) is 0. The molecule has 0 radical (unpaired) electrons. The molecule has 1 N–H and O–H groups in total. The summed E-state index contributed by atoms with van der Waals surface area (Å²) in [5.41, 5.74) is 2.74. The largest absolute Gasteiger partial charge is 0.389 e. The van der Waals surface area contributed by atoms with E-state index in [0.717, 1.165) is 0 Å². The maximum Gasteiger partial charge on any atom is 0.0732 e. The fraction of sp³-hybridized carbons (Fsp3) is 0.571. The minimum absolute atomic E-state index is 0.231. The van der Waals surface area contributed by atoms with Crippen molar-refractivity contribution in [2.45, 2.75) is 38.7 Å². The van der Waals surface area contributed by atoms with Crippen molar-refractivity contribution in [1.82, 2.24) is 0 Å². The first-order valence-corrected chi connectivity index (χ1v) is 5.75. The van der Waals surface area contributed by atoms with Gasteiger partial charge in [-0.1, -0.05) is 23.8 Å². The minimum atomic E-state index is -0.745. The van der Waals surface area contributed by atoms with Crippen LogP contribution in [0.2, 0.25) is 0 Å². The standard InChI is InChI=1S/C14H20O2/c1-10-5-6-12(11(2)7-10)14(8-16-9-14)13(3,4)15/h5-7,15H,8-9H2,1-4H3. The van der Waals surface area contributed by atoms with Gasteiger partial charge >= 0.3 is 0 Å². The van der Waals surface area contributed by atoms with Gasteiger partial charge < -0.3 is 9.84 Å². The highest BCUT2D eigenvalue weighted by molar-refractivity contribution is 5.40. The number of rotatable bonds is 2. The Morgan fingerprint density at radius 1 is 1.25 bits per heavy atom. The van der Waals surface area contributed by atoms with Crippen LogP contribution in [0.5, 0.6) is 0 Å². The third kappa shape index (κ3) is 1.57. The van der Waals surface area contributed by atoms with E-state index >= 15 is 0 Å². The van der Waals surface area contributed by atoms with Crippen molar-refractivity contribution in [2.24, 2.45) is 0 Å². The third-order valence-electron chi connectivity index (χ3n) is 3.77. The highest BCUT2D eigenvalue weighted by Gasteiger charge is 2.52. The first-order chi connectivity index (χ1) is 7.37. The molecule has 1 aliphatic heterocycles. The number of aryl methyl sites for hydroxylation is 2. The predicted octanol–water partition coefficient (Wildman–Crippen LogP) is 2.34. The number of benzene rings is 1. The lowest BCUT2D eigenvalue weighted by molar-refractivity contribution is -0.157. The van der Waals surface area contributed by atoms with Crippen LogP contribution in [-0.4, -0.2) is 23.9 Å². The van der Waals surface area contributed by atoms with Crippen molar-refractivity contribution >= 4 is 0 Å². The van der Waals surface area contributed by atoms with Gasteiger partial charge in [0.15, 0.2) is 0 Å². The third-order valence-corrected chi connectivity index (χ3v) is 3.77. The molecule has 1 aliphatic rings. The quantitative estimate of drug-likeness (QED) is 0.829. The van der Waals surface area contributed by atoms with Crippen molar-refractivity contribution in [3.63, 3.8) is 0 Å². The molecule has 1 saturated heterocycles. The molecule has 1 heterocycles. The fourth-order valence-corrected chi connectivity index (χ4v) is 2.50. The van der Waals surface area contributed by atoms with Gasteiger partial charge in [-0.15, -0.1) is 0 Å². The molecule has 88 valence electrons. The molecule has 0 aromatic heterocycles. The molecule has 0 saturated carbocycles. The van der Waals surface area contributed by atoms with E-state index in [0.29, 0.717) is 13.2 Å². The number of hydrogen-bond acceptors (Lipinski definition) is 2. The van der Waals surface area contributed by atoms with Gasteiger partial charge in [-0.2, -0.15) is 0 Å². The van der Waals surface area contributed by atoms with E-state index in [4.69, 9.17) is 4.74 Å². The Morgan fingerprint density at radius 3 is 2.25 bits per heavy atom. The maximum atomic E-state index is 10.4. The zero-order valence-corrected chi connectivity index (χ0v) is 10.5. The zero-order chi connectivity index (χ0) is 12.0. The molecule has 0 aliphatic carbocycles. The fourth-order valence-electron chi connectivity index (χ4n) is 2.50. The molecule has 1 aromatic carbocycles. The number of aliphatic hydroxyl groups is 1. The SMILES string of the molecule is Cc1ccc(C2(C(C)(C)O)COC2)c(C)c1. The van der Waals surface area contributed by atoms with Crippen LogP contribution in [0.15, 0.2) is 18.2 Å². The Morgan fingerprint density at radius 2 is 1.88 bits per heavy atom. The summed E-state index contributed by atoms with van der Waals surface area (Å²) in [6, 6.07) is 6.40. The topological polar surface area (TPSA) is 29.5 Å². The lowest BCUT2D eigenvalue weighted by Gasteiger charge is -2.50. The average molecular weight is 220 g/mol. The molecule has 0 atom stereocenters. The maximum absolute atomic E-state index is 10.4. The van der Waals surface area contributed by atoms with Crippen LogP contribution in [-0.2, 0) is 10.2 Å². The van der Waals surface area contributed by atoms with Gasteiger partial charge in [0.1, 0.15) is 0 Å². The van der Waals surface area contributed by atoms with Crippen molar-refractivity contribution in [1.29, 1.82) is 0 Å². The summed E-state index contributed by atoms with van der Waals surface area (Å²) in [5, 5.41) is 10.4. The van der Waals surface area contributed by atoms with Crippen molar-refractivity contribution < 1.29 is 9.84 Å². The van der Waals surface area contributed by atoms with Crippen LogP contribution in [0.1, 0.15) is 30.5 Å². The van der Waals surface area contributed by atoms with Crippen LogP contribution >= 0.6 is 0 Å². The van der Waals surface area contributed by atoms with E-state index in [9.17, 15) is 5.11 Å². The van der Waals surface area contributed by atoms with Gasteiger partial charge in [-0.25, -0.2) is 0 Å². The average Bonchev–Trinajstić information content (AvgIpc) is 2.04. The molecule has 2 nitrogen and oxygen atoms in total. The molecule has 1 fully saturated rings. The summed E-state index contributed by atoms with van der Waals surface area (Å²) in [6.07, 6.45) is 0. The second-order valence-electron chi connectivity index (χ2n) is 5.45. The van der Waals surface area contributed by atoms with E-state index < -0.39 is 5.60 Å². The van der Waals surface area contributed by atoms with Gasteiger partial charge in [0.2, 0.25) is 0 Å². The van der Waals surface area contributed by atoms with Crippen LogP contribution in [0, 0.1) is 13.8 Å². The molecular weight excluding hydrogens is 200 g/mol. The Kier molecular flexibility index (Phi) is 2.59.